The third kappa shape index (κ3) is 25.8. The summed E-state index contributed by atoms with van der Waals surface area (Å²) in [6, 6.07) is 0. The SMILES string of the molecule is CC(C)(C)OC(=O)NCC(=O)NCP(=O)(CNC(=O)CNC(=O)OC(C)(C)C)CNC(=O)CNC(=O)OC(C)(C)C.O.O. The summed E-state index contributed by atoms with van der Waals surface area (Å²) in [5.74, 6) is -2.11. The molecule has 0 unspecified atom stereocenters. The summed E-state index contributed by atoms with van der Waals surface area (Å²) in [5, 5.41) is 13.9. The van der Waals surface area contributed by atoms with Crippen molar-refractivity contribution in [2.75, 3.05) is 38.5 Å². The Morgan fingerprint density at radius 1 is 0.465 bits per heavy atom. The molecule has 252 valence electrons. The Hall–Kier alpha value is -3.63. The molecule has 0 saturated carbocycles. The number of carbonyl (C=O) groups is 6. The van der Waals surface area contributed by atoms with Crippen molar-refractivity contribution in [2.45, 2.75) is 79.1 Å². The highest BCUT2D eigenvalue weighted by Crippen LogP contribution is 2.41. The first-order valence-corrected chi connectivity index (χ1v) is 15.0. The molecule has 0 radical (unpaired) electrons. The van der Waals surface area contributed by atoms with E-state index in [0.717, 1.165) is 0 Å². The van der Waals surface area contributed by atoms with Gasteiger partial charge in [0.1, 0.15) is 43.6 Å². The van der Waals surface area contributed by atoms with Crippen molar-refractivity contribution in [3.8, 4) is 0 Å². The van der Waals surface area contributed by atoms with Gasteiger partial charge in [0.15, 0.2) is 0 Å². The second kappa shape index (κ2) is 18.8. The maximum absolute atomic E-state index is 13.5. The van der Waals surface area contributed by atoms with Crippen molar-refractivity contribution in [3.05, 3.63) is 0 Å². The Labute approximate surface area is 251 Å². The fourth-order valence-electron chi connectivity index (χ4n) is 2.45. The van der Waals surface area contributed by atoms with Gasteiger partial charge in [-0.15, -0.1) is 0 Å². The maximum Gasteiger partial charge on any atom is 0.408 e. The molecular formula is C24H49N6O12P. The van der Waals surface area contributed by atoms with Crippen LogP contribution in [0.1, 0.15) is 62.3 Å². The van der Waals surface area contributed by atoms with Gasteiger partial charge in [0.05, 0.1) is 18.9 Å². The molecule has 19 heteroatoms. The van der Waals surface area contributed by atoms with Crippen LogP contribution >= 0.6 is 7.14 Å². The quantitative estimate of drug-likeness (QED) is 0.117. The van der Waals surface area contributed by atoms with Crippen molar-refractivity contribution in [1.29, 1.82) is 0 Å². The number of hydrogen-bond acceptors (Lipinski definition) is 10. The normalized spacial score (nSPS) is 11.3. The van der Waals surface area contributed by atoms with Crippen LogP contribution < -0.4 is 31.9 Å². The molecule has 0 atom stereocenters. The largest absolute Gasteiger partial charge is 0.444 e. The second-order valence-electron chi connectivity index (χ2n) is 11.9. The molecule has 6 amide bonds. The molecule has 0 rings (SSSR count). The van der Waals surface area contributed by atoms with E-state index in [1.807, 2.05) is 0 Å². The van der Waals surface area contributed by atoms with Crippen molar-refractivity contribution in [2.24, 2.45) is 0 Å². The van der Waals surface area contributed by atoms with Crippen LogP contribution in [0.3, 0.4) is 0 Å². The third-order valence-electron chi connectivity index (χ3n) is 4.07. The van der Waals surface area contributed by atoms with Crippen molar-refractivity contribution < 1.29 is 58.5 Å². The Kier molecular flexibility index (Phi) is 19.2. The van der Waals surface area contributed by atoms with E-state index in [1.165, 1.54) is 0 Å². The van der Waals surface area contributed by atoms with Crippen LogP contribution in [-0.4, -0.2) is 102 Å². The minimum Gasteiger partial charge on any atom is -0.444 e. The lowest BCUT2D eigenvalue weighted by Crippen LogP contribution is -2.43. The van der Waals surface area contributed by atoms with Crippen LogP contribution in [0.25, 0.3) is 0 Å². The van der Waals surface area contributed by atoms with Crippen LogP contribution in [0.5, 0.6) is 0 Å². The van der Waals surface area contributed by atoms with Crippen LogP contribution in [-0.2, 0) is 33.2 Å². The summed E-state index contributed by atoms with van der Waals surface area (Å²) in [6.07, 6.45) is -3.86. The summed E-state index contributed by atoms with van der Waals surface area (Å²) in [6.45, 7) is 13.4. The molecular weight excluding hydrogens is 595 g/mol. The smallest absolute Gasteiger partial charge is 0.408 e. The van der Waals surface area contributed by atoms with Gasteiger partial charge in [-0.1, -0.05) is 0 Å². The van der Waals surface area contributed by atoms with E-state index < -0.39 is 98.4 Å². The van der Waals surface area contributed by atoms with Crippen molar-refractivity contribution in [3.63, 3.8) is 0 Å². The van der Waals surface area contributed by atoms with Crippen LogP contribution in [0.2, 0.25) is 0 Å². The van der Waals surface area contributed by atoms with Gasteiger partial charge in [0, 0.05) is 0 Å². The van der Waals surface area contributed by atoms with E-state index in [0.29, 0.717) is 0 Å². The van der Waals surface area contributed by atoms with Crippen molar-refractivity contribution in [1.82, 2.24) is 31.9 Å². The standard InChI is InChI=1S/C24H45N6O10P.2H2O/c1-22(2,3)38-19(34)25-10-16(31)28-13-41(37,14-29-17(32)11-26-20(35)39-23(4,5)6)15-30-18(33)12-27-21(36)40-24(7,8)9;;/h10-15H2,1-9H3,(H,25,34)(H,26,35)(H,27,36)(H,28,31)(H,29,32)(H,30,33);2*1H2. The first-order valence-electron chi connectivity index (χ1n) is 12.8. The zero-order chi connectivity index (χ0) is 32.1. The van der Waals surface area contributed by atoms with Crippen molar-refractivity contribution >= 4 is 43.1 Å². The van der Waals surface area contributed by atoms with Gasteiger partial charge in [0.25, 0.3) is 0 Å². The first kappa shape index (κ1) is 43.8. The third-order valence-corrected chi connectivity index (χ3v) is 6.27. The Morgan fingerprint density at radius 3 is 0.860 bits per heavy atom. The second-order valence-corrected chi connectivity index (χ2v) is 15.0. The van der Waals surface area contributed by atoms with E-state index in [2.05, 4.69) is 31.9 Å². The molecule has 0 aromatic heterocycles. The summed E-state index contributed by atoms with van der Waals surface area (Å²) >= 11 is 0. The molecule has 0 aromatic rings. The Balaban J connectivity index is -0.00000800. The van der Waals surface area contributed by atoms with Gasteiger partial charge < -0.3 is 61.6 Å². The predicted octanol–water partition coefficient (Wildman–Crippen LogP) is -0.505. The average molecular weight is 645 g/mol. The Bertz CT molecular complexity index is 879. The zero-order valence-electron chi connectivity index (χ0n) is 26.3. The predicted molar refractivity (Wildman–Crippen MR) is 157 cm³/mol. The summed E-state index contributed by atoms with van der Waals surface area (Å²) in [4.78, 5) is 71.9. The van der Waals surface area contributed by atoms with E-state index in [9.17, 15) is 33.3 Å². The lowest BCUT2D eigenvalue weighted by Gasteiger charge is -2.22. The highest BCUT2D eigenvalue weighted by molar-refractivity contribution is 7.63. The van der Waals surface area contributed by atoms with E-state index >= 15 is 0 Å². The minimum absolute atomic E-state index is 0. The van der Waals surface area contributed by atoms with E-state index in [4.69, 9.17) is 14.2 Å². The molecule has 0 saturated heterocycles. The number of amides is 6. The topological polar surface area (TPSA) is 282 Å². The summed E-state index contributed by atoms with van der Waals surface area (Å²) < 4.78 is 28.6. The fraction of sp³-hybridized carbons (Fsp3) is 0.750. The van der Waals surface area contributed by atoms with Gasteiger partial charge in [0.2, 0.25) is 17.7 Å². The van der Waals surface area contributed by atoms with Crippen LogP contribution in [0.15, 0.2) is 0 Å². The summed E-state index contributed by atoms with van der Waals surface area (Å²) in [5.41, 5.74) is -2.32. The molecule has 43 heavy (non-hydrogen) atoms. The molecule has 0 heterocycles. The van der Waals surface area contributed by atoms with Gasteiger partial charge in [-0.2, -0.15) is 0 Å². The minimum atomic E-state index is -3.55. The highest BCUT2D eigenvalue weighted by atomic mass is 31.2. The monoisotopic (exact) mass is 644 g/mol. The fourth-order valence-corrected chi connectivity index (χ4v) is 4.18. The van der Waals surface area contributed by atoms with Gasteiger partial charge in [-0.3, -0.25) is 14.4 Å². The highest BCUT2D eigenvalue weighted by Gasteiger charge is 2.26. The van der Waals surface area contributed by atoms with Crippen LogP contribution in [0.4, 0.5) is 14.4 Å². The lowest BCUT2D eigenvalue weighted by molar-refractivity contribution is -0.120. The zero-order valence-corrected chi connectivity index (χ0v) is 27.2. The molecule has 0 aliphatic carbocycles. The molecule has 0 fully saturated rings. The molecule has 0 spiro atoms. The number of carbonyl (C=O) groups excluding carboxylic acids is 6. The van der Waals surface area contributed by atoms with Gasteiger partial charge in [-0.05, 0) is 62.3 Å². The molecule has 0 aliphatic heterocycles. The lowest BCUT2D eigenvalue weighted by atomic mass is 10.2. The number of ether oxygens (including phenoxy) is 3. The molecule has 10 N–H and O–H groups in total. The number of hydrogen-bond donors (Lipinski definition) is 6. The first-order chi connectivity index (χ1) is 18.5. The number of nitrogens with one attached hydrogen (secondary N) is 6. The van der Waals surface area contributed by atoms with Gasteiger partial charge >= 0.3 is 18.3 Å². The Morgan fingerprint density at radius 2 is 0.674 bits per heavy atom. The summed E-state index contributed by atoms with van der Waals surface area (Å²) in [7, 11) is -3.55. The number of rotatable bonds is 12. The van der Waals surface area contributed by atoms with Gasteiger partial charge in [-0.25, -0.2) is 14.4 Å². The van der Waals surface area contributed by atoms with E-state index in [1.54, 1.807) is 62.3 Å². The van der Waals surface area contributed by atoms with Crippen LogP contribution in [0, 0.1) is 0 Å². The average Bonchev–Trinajstić information content (AvgIpc) is 2.78. The molecule has 0 aromatic carbocycles. The molecule has 18 nitrogen and oxygen atoms in total. The molecule has 0 bridgehead atoms. The van der Waals surface area contributed by atoms with E-state index in [-0.39, 0.29) is 11.0 Å². The molecule has 0 aliphatic rings. The number of alkyl carbamates (subject to hydrolysis) is 3. The maximum atomic E-state index is 13.5.